The molecule has 0 saturated heterocycles. The molecule has 0 aromatic heterocycles. The summed E-state index contributed by atoms with van der Waals surface area (Å²) in [7, 11) is 0. The highest BCUT2D eigenvalue weighted by Gasteiger charge is 2.14. The fourth-order valence-electron chi connectivity index (χ4n) is 2.15. The van der Waals surface area contributed by atoms with E-state index in [0.717, 1.165) is 18.4 Å². The van der Waals surface area contributed by atoms with E-state index in [1.807, 2.05) is 58.0 Å². The zero-order chi connectivity index (χ0) is 18.1. The maximum Gasteiger partial charge on any atom is 0.312 e. The molecular weight excluding hydrogens is 288 g/mol. The monoisotopic (exact) mass is 322 g/mol. The fourth-order valence-corrected chi connectivity index (χ4v) is 2.15. The van der Waals surface area contributed by atoms with E-state index in [1.165, 1.54) is 12.8 Å². The molecule has 23 heavy (non-hydrogen) atoms. The van der Waals surface area contributed by atoms with Crippen LogP contribution >= 0.6 is 0 Å². The number of primary amides is 1. The summed E-state index contributed by atoms with van der Waals surface area (Å²) in [5, 5.41) is 2.68. The number of ketones is 1. The van der Waals surface area contributed by atoms with Crippen LogP contribution in [-0.4, -0.2) is 17.9 Å². The predicted molar refractivity (Wildman–Crippen MR) is 98.5 cm³/mol. The number of nitrogens with two attached hydrogens (primary N) is 1. The van der Waals surface area contributed by atoms with Crippen molar-refractivity contribution in [1.82, 2.24) is 5.32 Å². The minimum Gasteiger partial charge on any atom is -0.352 e. The molecule has 1 fully saturated rings. The first kappa shape index (κ1) is 23.4. The summed E-state index contributed by atoms with van der Waals surface area (Å²) in [5.41, 5.74) is 6.01. The lowest BCUT2D eigenvalue weighted by Crippen LogP contribution is -2.36. The number of rotatable bonds is 3. The van der Waals surface area contributed by atoms with Gasteiger partial charge in [0.1, 0.15) is 5.78 Å². The van der Waals surface area contributed by atoms with Gasteiger partial charge in [-0.25, -0.2) is 4.79 Å². The molecule has 0 unspecified atom stereocenters. The van der Waals surface area contributed by atoms with Gasteiger partial charge in [0.25, 0.3) is 0 Å². The molecule has 0 spiro atoms. The number of amides is 2. The van der Waals surface area contributed by atoms with E-state index in [2.05, 4.69) is 5.32 Å². The fraction of sp³-hybridized carbons (Fsp3) is 0.579. The van der Waals surface area contributed by atoms with Crippen LogP contribution in [-0.2, 0) is 11.2 Å². The molecular formula is C19H34N2O2. The highest BCUT2D eigenvalue weighted by molar-refractivity contribution is 5.78. The Morgan fingerprint density at radius 3 is 1.91 bits per heavy atom. The van der Waals surface area contributed by atoms with Gasteiger partial charge in [0.15, 0.2) is 0 Å². The lowest BCUT2D eigenvalue weighted by atomic mass is 10.1. The standard InChI is InChI=1S/C9H10O.C6H12N2O.2C2H6/c1-8(10)7-9-5-3-2-4-6-9;7-6(9)8-5-3-1-2-4-5;2*1-2/h2-6H,7H2,1H3;5H,1-4H2,(H3,7,8,9);2*1-2H3. The summed E-state index contributed by atoms with van der Waals surface area (Å²) >= 11 is 0. The van der Waals surface area contributed by atoms with Gasteiger partial charge in [0.05, 0.1) is 0 Å². The first-order valence-electron chi connectivity index (χ1n) is 8.67. The van der Waals surface area contributed by atoms with Gasteiger partial charge in [0, 0.05) is 12.5 Å². The van der Waals surface area contributed by atoms with Gasteiger partial charge in [-0.05, 0) is 25.3 Å². The molecule has 1 aliphatic carbocycles. The molecule has 132 valence electrons. The second-order valence-electron chi connectivity index (χ2n) is 4.85. The molecule has 0 bridgehead atoms. The predicted octanol–water partition coefficient (Wildman–Crippen LogP) is 4.47. The first-order chi connectivity index (χ1) is 11.1. The molecule has 0 atom stereocenters. The number of carbonyl (C=O) groups excluding carboxylic acids is 2. The number of benzene rings is 1. The van der Waals surface area contributed by atoms with Gasteiger partial charge < -0.3 is 11.1 Å². The molecule has 2 rings (SSSR count). The Morgan fingerprint density at radius 1 is 1.04 bits per heavy atom. The van der Waals surface area contributed by atoms with Gasteiger partial charge in [-0.2, -0.15) is 0 Å². The van der Waals surface area contributed by atoms with Crippen molar-refractivity contribution in [3.8, 4) is 0 Å². The van der Waals surface area contributed by atoms with Crippen molar-refractivity contribution >= 4 is 11.8 Å². The smallest absolute Gasteiger partial charge is 0.312 e. The highest BCUT2D eigenvalue weighted by atomic mass is 16.2. The largest absolute Gasteiger partial charge is 0.352 e. The van der Waals surface area contributed by atoms with E-state index in [9.17, 15) is 9.59 Å². The summed E-state index contributed by atoms with van der Waals surface area (Å²) in [6, 6.07) is 9.73. The van der Waals surface area contributed by atoms with Gasteiger partial charge in [-0.1, -0.05) is 70.9 Å². The number of carbonyl (C=O) groups is 2. The minimum atomic E-state index is -0.387. The minimum absolute atomic E-state index is 0.214. The van der Waals surface area contributed by atoms with Crippen LogP contribution in [0.5, 0.6) is 0 Å². The van der Waals surface area contributed by atoms with Crippen molar-refractivity contribution in [3.63, 3.8) is 0 Å². The Bertz CT molecular complexity index is 399. The lowest BCUT2D eigenvalue weighted by Gasteiger charge is -2.07. The average Bonchev–Trinajstić information content (AvgIpc) is 3.04. The van der Waals surface area contributed by atoms with Crippen LogP contribution in [0.3, 0.4) is 0 Å². The van der Waals surface area contributed by atoms with E-state index in [1.54, 1.807) is 6.92 Å². The van der Waals surface area contributed by atoms with E-state index >= 15 is 0 Å². The van der Waals surface area contributed by atoms with E-state index in [4.69, 9.17) is 5.73 Å². The number of hydrogen-bond acceptors (Lipinski definition) is 2. The molecule has 0 radical (unpaired) electrons. The van der Waals surface area contributed by atoms with Crippen LogP contribution < -0.4 is 11.1 Å². The van der Waals surface area contributed by atoms with E-state index in [0.29, 0.717) is 12.5 Å². The lowest BCUT2D eigenvalue weighted by molar-refractivity contribution is -0.116. The molecule has 4 heteroatoms. The van der Waals surface area contributed by atoms with Crippen LogP contribution in [0.1, 0.15) is 65.9 Å². The van der Waals surface area contributed by atoms with Crippen LogP contribution in [0.15, 0.2) is 30.3 Å². The maximum absolute atomic E-state index is 10.6. The Labute approximate surface area is 141 Å². The molecule has 1 aliphatic rings. The van der Waals surface area contributed by atoms with Crippen molar-refractivity contribution in [2.75, 3.05) is 0 Å². The number of nitrogens with one attached hydrogen (secondary N) is 1. The molecule has 4 nitrogen and oxygen atoms in total. The number of urea groups is 1. The molecule has 0 aliphatic heterocycles. The van der Waals surface area contributed by atoms with Crippen molar-refractivity contribution in [2.45, 2.75) is 72.8 Å². The zero-order valence-electron chi connectivity index (χ0n) is 15.4. The molecule has 1 aromatic carbocycles. The van der Waals surface area contributed by atoms with Gasteiger partial charge in [0.2, 0.25) is 0 Å². The Morgan fingerprint density at radius 2 is 1.52 bits per heavy atom. The third-order valence-corrected chi connectivity index (χ3v) is 3.00. The summed E-state index contributed by atoms with van der Waals surface area (Å²) in [6.45, 7) is 9.60. The number of hydrogen-bond donors (Lipinski definition) is 2. The second-order valence-corrected chi connectivity index (χ2v) is 4.85. The first-order valence-corrected chi connectivity index (χ1v) is 8.67. The van der Waals surface area contributed by atoms with E-state index in [-0.39, 0.29) is 11.8 Å². The quantitative estimate of drug-likeness (QED) is 0.862. The third kappa shape index (κ3) is 14.8. The molecule has 3 N–H and O–H groups in total. The van der Waals surface area contributed by atoms with Crippen LogP contribution in [0.25, 0.3) is 0 Å². The molecule has 1 saturated carbocycles. The number of Topliss-reactive ketones (excluding diaryl/α,β-unsaturated/α-hetero) is 1. The highest BCUT2D eigenvalue weighted by Crippen LogP contribution is 2.16. The van der Waals surface area contributed by atoms with Crippen molar-refractivity contribution in [1.29, 1.82) is 0 Å². The van der Waals surface area contributed by atoms with Crippen LogP contribution in [0.4, 0.5) is 4.79 Å². The van der Waals surface area contributed by atoms with Gasteiger partial charge in [-0.3, -0.25) is 4.79 Å². The average molecular weight is 322 g/mol. The molecule has 2 amide bonds. The summed E-state index contributed by atoms with van der Waals surface area (Å²) in [6.07, 6.45) is 5.21. The zero-order valence-corrected chi connectivity index (χ0v) is 15.4. The van der Waals surface area contributed by atoms with Crippen LogP contribution in [0.2, 0.25) is 0 Å². The van der Waals surface area contributed by atoms with Crippen LogP contribution in [0, 0.1) is 0 Å². The van der Waals surface area contributed by atoms with Crippen molar-refractivity contribution in [3.05, 3.63) is 35.9 Å². The normalized spacial score (nSPS) is 12.4. The Hall–Kier alpha value is -1.84. The van der Waals surface area contributed by atoms with E-state index < -0.39 is 0 Å². The Kier molecular flexibility index (Phi) is 16.8. The summed E-state index contributed by atoms with van der Waals surface area (Å²) < 4.78 is 0. The van der Waals surface area contributed by atoms with Gasteiger partial charge >= 0.3 is 6.03 Å². The Balaban J connectivity index is 0. The van der Waals surface area contributed by atoms with Crippen molar-refractivity contribution < 1.29 is 9.59 Å². The molecule has 0 heterocycles. The second kappa shape index (κ2) is 16.5. The SMILES string of the molecule is CC.CC.CC(=O)Cc1ccccc1.NC(=O)NC1CCCC1. The molecule has 1 aromatic rings. The van der Waals surface area contributed by atoms with Gasteiger partial charge in [-0.15, -0.1) is 0 Å². The third-order valence-electron chi connectivity index (χ3n) is 3.00. The summed E-state index contributed by atoms with van der Waals surface area (Å²) in [5.74, 6) is 0.214. The van der Waals surface area contributed by atoms with Crippen molar-refractivity contribution in [2.24, 2.45) is 5.73 Å². The topological polar surface area (TPSA) is 72.2 Å². The maximum atomic E-state index is 10.6. The summed E-state index contributed by atoms with van der Waals surface area (Å²) in [4.78, 5) is 20.9.